The number of anilines is 1. The first kappa shape index (κ1) is 27.6. The third-order valence-electron chi connectivity index (χ3n) is 5.71. The van der Waals surface area contributed by atoms with Gasteiger partial charge < -0.3 is 19.4 Å². The molecule has 12 heteroatoms. The molecule has 2 heterocycles. The van der Waals surface area contributed by atoms with Crippen molar-refractivity contribution in [2.75, 3.05) is 10.7 Å². The lowest BCUT2D eigenvalue weighted by molar-refractivity contribution is -0.120. The zero-order valence-electron chi connectivity index (χ0n) is 21.2. The number of sulfone groups is 1. The van der Waals surface area contributed by atoms with Gasteiger partial charge in [0.25, 0.3) is 5.91 Å². The number of amides is 2. The molecule has 9 nitrogen and oxygen atoms in total. The number of nitrogens with zero attached hydrogens (tertiary/aromatic N) is 2. The molecular formula is C26H27ClFN3O6S. The van der Waals surface area contributed by atoms with Crippen LogP contribution in [0.4, 0.5) is 14.9 Å². The Balaban J connectivity index is 1.84. The molecule has 2 aromatic carbocycles. The van der Waals surface area contributed by atoms with Gasteiger partial charge in [-0.3, -0.25) is 4.79 Å². The van der Waals surface area contributed by atoms with Gasteiger partial charge in [0.1, 0.15) is 23.7 Å². The summed E-state index contributed by atoms with van der Waals surface area (Å²) in [6, 6.07) is 7.21. The van der Waals surface area contributed by atoms with E-state index in [0.29, 0.717) is 22.7 Å². The van der Waals surface area contributed by atoms with Crippen LogP contribution >= 0.6 is 11.6 Å². The van der Waals surface area contributed by atoms with E-state index < -0.39 is 49.9 Å². The number of carbonyl (C=O) groups is 2. The number of hydrogen-bond acceptors (Lipinski definition) is 7. The van der Waals surface area contributed by atoms with Crippen molar-refractivity contribution in [3.05, 3.63) is 64.8 Å². The molecule has 0 saturated heterocycles. The minimum atomic E-state index is -4.25. The van der Waals surface area contributed by atoms with Gasteiger partial charge in [-0.1, -0.05) is 30.7 Å². The van der Waals surface area contributed by atoms with E-state index in [1.807, 2.05) is 6.92 Å². The standard InChI is InChI=1S/C26H27ClFN3O6S/c1-5-17-13-36-23(29-17)18-10-21-22(11-19(18)28)38(34,35)14-20(30-25(33)37-26(2,3)4)24(32)31(21)12-15-6-8-16(27)9-7-15/h6-11,13,20H,5,12,14H2,1-4H3,(H,30,33)/t20-/m0/s1. The van der Waals surface area contributed by atoms with Gasteiger partial charge in [-0.05, 0) is 57.0 Å². The van der Waals surface area contributed by atoms with Gasteiger partial charge in [-0.2, -0.15) is 0 Å². The summed E-state index contributed by atoms with van der Waals surface area (Å²) in [6.45, 7) is 6.68. The van der Waals surface area contributed by atoms with Crippen molar-refractivity contribution in [1.82, 2.24) is 10.3 Å². The smallest absolute Gasteiger partial charge is 0.408 e. The number of benzene rings is 2. The molecule has 1 N–H and O–H groups in total. The Labute approximate surface area is 224 Å². The van der Waals surface area contributed by atoms with Gasteiger partial charge in [-0.15, -0.1) is 0 Å². The van der Waals surface area contributed by atoms with E-state index in [1.54, 1.807) is 45.0 Å². The number of oxazole rings is 1. The fourth-order valence-electron chi connectivity index (χ4n) is 3.94. The third kappa shape index (κ3) is 5.99. The summed E-state index contributed by atoms with van der Waals surface area (Å²) in [5, 5.41) is 2.85. The lowest BCUT2D eigenvalue weighted by Gasteiger charge is -2.27. The number of fused-ring (bicyclic) bond motifs is 1. The van der Waals surface area contributed by atoms with Crippen molar-refractivity contribution in [1.29, 1.82) is 0 Å². The van der Waals surface area contributed by atoms with Crippen LogP contribution in [0.2, 0.25) is 5.02 Å². The van der Waals surface area contributed by atoms with E-state index in [1.165, 1.54) is 17.2 Å². The topological polar surface area (TPSA) is 119 Å². The van der Waals surface area contributed by atoms with Crippen molar-refractivity contribution >= 4 is 39.1 Å². The molecule has 202 valence electrons. The van der Waals surface area contributed by atoms with Crippen LogP contribution < -0.4 is 10.2 Å². The van der Waals surface area contributed by atoms with Crippen LogP contribution in [-0.2, 0) is 32.3 Å². The normalized spacial score (nSPS) is 17.1. The predicted molar refractivity (Wildman–Crippen MR) is 139 cm³/mol. The Morgan fingerprint density at radius 2 is 1.95 bits per heavy atom. The van der Waals surface area contributed by atoms with Crippen molar-refractivity contribution in [3.63, 3.8) is 0 Å². The first-order chi connectivity index (χ1) is 17.8. The van der Waals surface area contributed by atoms with Gasteiger partial charge in [0.2, 0.25) is 5.89 Å². The molecule has 0 spiro atoms. The quantitative estimate of drug-likeness (QED) is 0.468. The third-order valence-corrected chi connectivity index (χ3v) is 7.74. The maximum atomic E-state index is 15.3. The van der Waals surface area contributed by atoms with Crippen molar-refractivity contribution in [3.8, 4) is 11.5 Å². The number of rotatable bonds is 5. The largest absolute Gasteiger partial charge is 0.444 e. The zero-order valence-corrected chi connectivity index (χ0v) is 22.8. The summed E-state index contributed by atoms with van der Waals surface area (Å²) < 4.78 is 52.8. The average molecular weight is 564 g/mol. The van der Waals surface area contributed by atoms with Crippen molar-refractivity contribution in [2.24, 2.45) is 0 Å². The molecule has 0 saturated carbocycles. The highest BCUT2D eigenvalue weighted by Crippen LogP contribution is 2.37. The number of hydrogen-bond donors (Lipinski definition) is 1. The Morgan fingerprint density at radius 1 is 1.26 bits per heavy atom. The molecule has 0 bridgehead atoms. The lowest BCUT2D eigenvalue weighted by Crippen LogP contribution is -2.51. The lowest BCUT2D eigenvalue weighted by atomic mass is 10.1. The van der Waals surface area contributed by atoms with E-state index in [9.17, 15) is 18.0 Å². The maximum absolute atomic E-state index is 15.3. The Hall–Kier alpha value is -3.44. The maximum Gasteiger partial charge on any atom is 0.408 e. The van der Waals surface area contributed by atoms with Crippen LogP contribution in [0.3, 0.4) is 0 Å². The van der Waals surface area contributed by atoms with E-state index >= 15 is 4.39 Å². The monoisotopic (exact) mass is 563 g/mol. The summed E-state index contributed by atoms with van der Waals surface area (Å²) in [4.78, 5) is 31.3. The van der Waals surface area contributed by atoms with Crippen LogP contribution in [0.15, 0.2) is 52.0 Å². The molecular weight excluding hydrogens is 537 g/mol. The fourth-order valence-corrected chi connectivity index (χ4v) is 5.68. The molecule has 0 aliphatic carbocycles. The molecule has 2 amide bonds. The Bertz CT molecular complexity index is 1480. The van der Waals surface area contributed by atoms with Crippen LogP contribution in [0.5, 0.6) is 0 Å². The van der Waals surface area contributed by atoms with Gasteiger partial charge in [0.15, 0.2) is 9.84 Å². The Morgan fingerprint density at radius 3 is 2.55 bits per heavy atom. The number of aryl methyl sites for hydroxylation is 1. The molecule has 1 atom stereocenters. The van der Waals surface area contributed by atoms with Gasteiger partial charge >= 0.3 is 6.09 Å². The van der Waals surface area contributed by atoms with Crippen molar-refractivity contribution in [2.45, 2.75) is 57.2 Å². The highest BCUT2D eigenvalue weighted by Gasteiger charge is 2.40. The molecule has 3 aromatic rings. The number of nitrogens with one attached hydrogen (secondary N) is 1. The fraction of sp³-hybridized carbons (Fsp3) is 0.346. The van der Waals surface area contributed by atoms with Gasteiger partial charge in [0.05, 0.1) is 34.1 Å². The summed E-state index contributed by atoms with van der Waals surface area (Å²) in [5.74, 6) is -2.43. The van der Waals surface area contributed by atoms with E-state index in [-0.39, 0.29) is 23.7 Å². The number of aromatic nitrogens is 1. The molecule has 0 radical (unpaired) electrons. The second-order valence-electron chi connectivity index (χ2n) is 9.83. The molecule has 1 aromatic heterocycles. The molecule has 4 rings (SSSR count). The summed E-state index contributed by atoms with van der Waals surface area (Å²) in [5.41, 5.74) is 0.155. The molecule has 1 aliphatic rings. The van der Waals surface area contributed by atoms with Crippen LogP contribution in [0.1, 0.15) is 39.0 Å². The van der Waals surface area contributed by atoms with Gasteiger partial charge in [0, 0.05) is 5.02 Å². The summed E-state index contributed by atoms with van der Waals surface area (Å²) >= 11 is 6.00. The highest BCUT2D eigenvalue weighted by atomic mass is 35.5. The SMILES string of the molecule is CCc1coc(-c2cc3c(cc2F)S(=O)(=O)C[C@H](NC(=O)OC(C)(C)C)C(=O)N3Cc2ccc(Cl)cc2)n1. The number of carbonyl (C=O) groups excluding carboxylic acids is 2. The van der Waals surface area contributed by atoms with Gasteiger partial charge in [-0.25, -0.2) is 22.6 Å². The molecule has 0 fully saturated rings. The number of halogens is 2. The zero-order chi connectivity index (χ0) is 27.8. The second kappa shape index (κ2) is 10.4. The molecule has 0 unspecified atom stereocenters. The first-order valence-electron chi connectivity index (χ1n) is 11.8. The van der Waals surface area contributed by atoms with Crippen molar-refractivity contribution < 1.29 is 31.6 Å². The molecule has 1 aliphatic heterocycles. The average Bonchev–Trinajstić information content (AvgIpc) is 3.28. The van der Waals surface area contributed by atoms with Crippen LogP contribution in [-0.4, -0.2) is 42.8 Å². The van der Waals surface area contributed by atoms with Crippen LogP contribution in [0, 0.1) is 5.82 Å². The number of ether oxygens (including phenoxy) is 1. The van der Waals surface area contributed by atoms with E-state index in [2.05, 4.69) is 10.3 Å². The first-order valence-corrected chi connectivity index (χ1v) is 13.9. The second-order valence-corrected chi connectivity index (χ2v) is 12.3. The predicted octanol–water partition coefficient (Wildman–Crippen LogP) is 4.91. The van der Waals surface area contributed by atoms with Crippen LogP contribution in [0.25, 0.3) is 11.5 Å². The van der Waals surface area contributed by atoms with E-state index in [0.717, 1.165) is 6.07 Å². The minimum absolute atomic E-state index is 0.0499. The minimum Gasteiger partial charge on any atom is -0.444 e. The van der Waals surface area contributed by atoms with E-state index in [4.69, 9.17) is 20.8 Å². The summed E-state index contributed by atoms with van der Waals surface area (Å²) in [6.07, 6.45) is 0.973. The number of alkyl carbamates (subject to hydrolysis) is 1. The summed E-state index contributed by atoms with van der Waals surface area (Å²) in [7, 11) is -4.25. The molecule has 38 heavy (non-hydrogen) atoms. The highest BCUT2D eigenvalue weighted by molar-refractivity contribution is 7.91. The Kier molecular flexibility index (Phi) is 7.53.